The summed E-state index contributed by atoms with van der Waals surface area (Å²) in [5.41, 5.74) is 1.69. The van der Waals surface area contributed by atoms with Crippen LogP contribution in [0.25, 0.3) is 16.0 Å². The number of ether oxygens (including phenoxy) is 3. The molecule has 0 radical (unpaired) electrons. The molecule has 1 saturated heterocycles. The summed E-state index contributed by atoms with van der Waals surface area (Å²) in [6.45, 7) is 2.60. The Morgan fingerprint density at radius 2 is 1.61 bits per heavy atom. The predicted molar refractivity (Wildman–Crippen MR) is 146 cm³/mol. The van der Waals surface area contributed by atoms with Crippen LogP contribution in [-0.4, -0.2) is 42.6 Å². The van der Waals surface area contributed by atoms with E-state index < -0.39 is 17.7 Å². The Hall–Kier alpha value is -4.37. The van der Waals surface area contributed by atoms with Gasteiger partial charge in [-0.1, -0.05) is 30.4 Å². The molecule has 8 nitrogen and oxygen atoms in total. The Morgan fingerprint density at radius 3 is 2.26 bits per heavy atom. The van der Waals surface area contributed by atoms with Crippen LogP contribution in [0.2, 0.25) is 0 Å². The van der Waals surface area contributed by atoms with Crippen molar-refractivity contribution >= 4 is 44.1 Å². The van der Waals surface area contributed by atoms with Crippen LogP contribution in [0.15, 0.2) is 72.3 Å². The molecule has 0 spiro atoms. The van der Waals surface area contributed by atoms with E-state index in [1.165, 1.54) is 16.2 Å². The first-order valence-electron chi connectivity index (χ1n) is 12.1. The summed E-state index contributed by atoms with van der Waals surface area (Å²) in [4.78, 5) is 32.9. The molecule has 1 aliphatic rings. The van der Waals surface area contributed by atoms with Crippen LogP contribution in [0, 0.1) is 0 Å². The Morgan fingerprint density at radius 1 is 0.947 bits per heavy atom. The van der Waals surface area contributed by atoms with E-state index in [0.717, 1.165) is 11.1 Å². The minimum Gasteiger partial charge on any atom is -0.507 e. The highest BCUT2D eigenvalue weighted by Crippen LogP contribution is 2.45. The van der Waals surface area contributed by atoms with E-state index in [1.54, 1.807) is 74.9 Å². The number of aliphatic hydroxyl groups is 1. The molecule has 1 amide bonds. The Balaban J connectivity index is 1.65. The Kier molecular flexibility index (Phi) is 7.02. The third kappa shape index (κ3) is 4.56. The van der Waals surface area contributed by atoms with Crippen LogP contribution < -0.4 is 19.1 Å². The largest absolute Gasteiger partial charge is 0.507 e. The van der Waals surface area contributed by atoms with Crippen molar-refractivity contribution in [3.63, 3.8) is 0 Å². The standard InChI is InChI=1S/C29H26N2O6S/c1-4-15-37-20-11-5-17(6-12-20)25-24(26(32)18-7-9-19(35-2)10-8-18)27(33)28(34)31(25)29-30-22-14-13-21(36-3)16-23(22)38-29/h5-14,16,25,32H,4,15H2,1-3H3/b26-24+. The molecule has 9 heteroatoms. The number of carbonyl (C=O) groups excluding carboxylic acids is 2. The molecule has 4 aromatic rings. The molecule has 1 unspecified atom stereocenters. The zero-order valence-electron chi connectivity index (χ0n) is 21.1. The summed E-state index contributed by atoms with van der Waals surface area (Å²) >= 11 is 1.27. The number of ketones is 1. The minimum absolute atomic E-state index is 0.0146. The highest BCUT2D eigenvalue weighted by atomic mass is 32.1. The fourth-order valence-corrected chi connectivity index (χ4v) is 5.36. The number of rotatable bonds is 8. The minimum atomic E-state index is -0.889. The molecular weight excluding hydrogens is 504 g/mol. The highest BCUT2D eigenvalue weighted by molar-refractivity contribution is 7.22. The summed E-state index contributed by atoms with van der Waals surface area (Å²) in [5.74, 6) is 0.121. The van der Waals surface area contributed by atoms with Gasteiger partial charge in [-0.3, -0.25) is 14.5 Å². The summed E-state index contributed by atoms with van der Waals surface area (Å²) in [6.07, 6.45) is 0.867. The van der Waals surface area contributed by atoms with Gasteiger partial charge < -0.3 is 19.3 Å². The average Bonchev–Trinajstić information content (AvgIpc) is 3.49. The van der Waals surface area contributed by atoms with Crippen molar-refractivity contribution in [1.29, 1.82) is 0 Å². The second kappa shape index (κ2) is 10.5. The maximum atomic E-state index is 13.5. The summed E-state index contributed by atoms with van der Waals surface area (Å²) in [7, 11) is 3.12. The summed E-state index contributed by atoms with van der Waals surface area (Å²) in [5, 5.41) is 11.7. The monoisotopic (exact) mass is 530 g/mol. The maximum Gasteiger partial charge on any atom is 0.301 e. The van der Waals surface area contributed by atoms with Crippen LogP contribution in [0.1, 0.15) is 30.5 Å². The van der Waals surface area contributed by atoms with Crippen molar-refractivity contribution in [1.82, 2.24) is 4.98 Å². The van der Waals surface area contributed by atoms with Gasteiger partial charge in [0.15, 0.2) is 5.13 Å². The molecule has 38 heavy (non-hydrogen) atoms. The first kappa shape index (κ1) is 25.3. The molecular formula is C29H26N2O6S. The summed E-state index contributed by atoms with van der Waals surface area (Å²) in [6, 6.07) is 18.4. The predicted octanol–water partition coefficient (Wildman–Crippen LogP) is 5.73. The average molecular weight is 531 g/mol. The number of nitrogens with zero attached hydrogens (tertiary/aromatic N) is 2. The zero-order chi connectivity index (χ0) is 26.8. The molecule has 2 heterocycles. The van der Waals surface area contributed by atoms with E-state index in [0.29, 0.717) is 45.6 Å². The number of carbonyl (C=O) groups is 2. The first-order valence-corrected chi connectivity index (χ1v) is 12.9. The van der Waals surface area contributed by atoms with Gasteiger partial charge in [0.1, 0.15) is 23.0 Å². The molecule has 3 aromatic carbocycles. The van der Waals surface area contributed by atoms with Gasteiger partial charge in [-0.05, 0) is 66.6 Å². The molecule has 1 fully saturated rings. The Labute approximate surface area is 223 Å². The molecule has 1 aromatic heterocycles. The van der Waals surface area contributed by atoms with Crippen molar-refractivity contribution < 1.29 is 28.9 Å². The lowest BCUT2D eigenvalue weighted by Crippen LogP contribution is -2.29. The van der Waals surface area contributed by atoms with Gasteiger partial charge in [0.25, 0.3) is 5.78 Å². The van der Waals surface area contributed by atoms with E-state index >= 15 is 0 Å². The molecule has 5 rings (SSSR count). The Bertz CT molecular complexity index is 1530. The SMILES string of the molecule is CCCOc1ccc(C2/C(=C(\O)c3ccc(OC)cc3)C(=O)C(=O)N2c2nc3ccc(OC)cc3s2)cc1. The van der Waals surface area contributed by atoms with E-state index in [-0.39, 0.29) is 11.3 Å². The number of methoxy groups -OCH3 is 2. The van der Waals surface area contributed by atoms with Crippen molar-refractivity contribution in [2.45, 2.75) is 19.4 Å². The first-order chi connectivity index (χ1) is 18.4. The maximum absolute atomic E-state index is 13.5. The van der Waals surface area contributed by atoms with Gasteiger partial charge in [-0.15, -0.1) is 0 Å². The highest BCUT2D eigenvalue weighted by Gasteiger charge is 2.48. The second-order valence-corrected chi connectivity index (χ2v) is 9.65. The van der Waals surface area contributed by atoms with Gasteiger partial charge in [-0.25, -0.2) is 4.98 Å². The summed E-state index contributed by atoms with van der Waals surface area (Å²) < 4.78 is 17.0. The molecule has 0 aliphatic carbocycles. The molecule has 1 N–H and O–H groups in total. The third-order valence-electron chi connectivity index (χ3n) is 6.27. The third-order valence-corrected chi connectivity index (χ3v) is 7.28. The molecule has 1 aliphatic heterocycles. The number of aliphatic hydroxyl groups excluding tert-OH is 1. The van der Waals surface area contributed by atoms with E-state index in [2.05, 4.69) is 4.98 Å². The van der Waals surface area contributed by atoms with Gasteiger partial charge in [-0.2, -0.15) is 0 Å². The number of thiazole rings is 1. The lowest BCUT2D eigenvalue weighted by Gasteiger charge is -2.23. The van der Waals surface area contributed by atoms with E-state index in [9.17, 15) is 14.7 Å². The van der Waals surface area contributed by atoms with Crippen LogP contribution in [0.4, 0.5) is 5.13 Å². The van der Waals surface area contributed by atoms with E-state index in [4.69, 9.17) is 14.2 Å². The van der Waals surface area contributed by atoms with Gasteiger partial charge in [0, 0.05) is 5.56 Å². The molecule has 194 valence electrons. The lowest BCUT2D eigenvalue weighted by molar-refractivity contribution is -0.132. The molecule has 0 bridgehead atoms. The van der Waals surface area contributed by atoms with Crippen LogP contribution in [0.5, 0.6) is 17.2 Å². The normalized spacial score (nSPS) is 16.7. The van der Waals surface area contributed by atoms with Gasteiger partial charge in [0.05, 0.1) is 42.7 Å². The van der Waals surface area contributed by atoms with Gasteiger partial charge in [0.2, 0.25) is 0 Å². The van der Waals surface area contributed by atoms with Crippen LogP contribution in [-0.2, 0) is 9.59 Å². The smallest absolute Gasteiger partial charge is 0.301 e. The lowest BCUT2D eigenvalue weighted by atomic mass is 9.95. The second-order valence-electron chi connectivity index (χ2n) is 8.65. The number of anilines is 1. The topological polar surface area (TPSA) is 98.2 Å². The van der Waals surface area contributed by atoms with Crippen molar-refractivity contribution in [2.75, 3.05) is 25.7 Å². The number of aromatic nitrogens is 1. The van der Waals surface area contributed by atoms with Crippen molar-refractivity contribution in [2.24, 2.45) is 0 Å². The number of fused-ring (bicyclic) bond motifs is 1. The molecule has 1 atom stereocenters. The quantitative estimate of drug-likeness (QED) is 0.177. The molecule has 0 saturated carbocycles. The number of hydrogen-bond donors (Lipinski definition) is 1. The van der Waals surface area contributed by atoms with Gasteiger partial charge >= 0.3 is 5.91 Å². The van der Waals surface area contributed by atoms with Crippen molar-refractivity contribution in [3.8, 4) is 17.2 Å². The fourth-order valence-electron chi connectivity index (χ4n) is 4.34. The van der Waals surface area contributed by atoms with E-state index in [1.807, 2.05) is 13.0 Å². The number of benzene rings is 3. The number of hydrogen-bond acceptors (Lipinski definition) is 8. The van der Waals surface area contributed by atoms with Crippen LogP contribution in [0.3, 0.4) is 0 Å². The zero-order valence-corrected chi connectivity index (χ0v) is 22.0. The number of Topliss-reactive ketones (excluding diaryl/α,β-unsaturated/α-hetero) is 1. The number of amides is 1. The van der Waals surface area contributed by atoms with Crippen molar-refractivity contribution in [3.05, 3.63) is 83.4 Å². The van der Waals surface area contributed by atoms with Crippen LogP contribution >= 0.6 is 11.3 Å². The fraction of sp³-hybridized carbons (Fsp3) is 0.207.